The van der Waals surface area contributed by atoms with Gasteiger partial charge >= 0.3 is 12.1 Å². The average Bonchev–Trinajstić information content (AvgIpc) is 2.53. The summed E-state index contributed by atoms with van der Waals surface area (Å²) in [5.74, 6) is -0.221. The lowest BCUT2D eigenvalue weighted by Gasteiger charge is -2.28. The molecule has 1 saturated heterocycles. The fraction of sp³-hybridized carbons (Fsp3) is 0.562. The first-order valence-electron chi connectivity index (χ1n) is 7.59. The summed E-state index contributed by atoms with van der Waals surface area (Å²) < 4.78 is 10.2. The number of carbonyl (C=O) groups is 2. The summed E-state index contributed by atoms with van der Waals surface area (Å²) in [4.78, 5) is 30.0. The van der Waals surface area contributed by atoms with Gasteiger partial charge in [-0.3, -0.25) is 4.98 Å². The van der Waals surface area contributed by atoms with E-state index in [0.717, 1.165) is 13.1 Å². The van der Waals surface area contributed by atoms with Crippen LogP contribution >= 0.6 is 0 Å². The van der Waals surface area contributed by atoms with E-state index in [2.05, 4.69) is 10.3 Å². The fourth-order valence-electron chi connectivity index (χ4n) is 2.32. The van der Waals surface area contributed by atoms with Crippen molar-refractivity contribution in [2.24, 2.45) is 0 Å². The minimum Gasteiger partial charge on any atom is -0.465 e. The van der Waals surface area contributed by atoms with Crippen molar-refractivity contribution in [2.45, 2.75) is 26.2 Å². The highest BCUT2D eigenvalue weighted by molar-refractivity contribution is 5.89. The Bertz CT molecular complexity index is 589. The van der Waals surface area contributed by atoms with Gasteiger partial charge < -0.3 is 19.7 Å². The molecule has 0 saturated carbocycles. The number of nitrogens with zero attached hydrogens (tertiary/aromatic N) is 2. The molecule has 0 spiro atoms. The van der Waals surface area contributed by atoms with Crippen LogP contribution in [0.25, 0.3) is 0 Å². The number of hydrogen-bond donors (Lipinski definition) is 1. The van der Waals surface area contributed by atoms with E-state index in [1.807, 2.05) is 20.8 Å². The molecule has 2 rings (SSSR count). The highest BCUT2D eigenvalue weighted by atomic mass is 16.6. The van der Waals surface area contributed by atoms with Crippen LogP contribution in [0.4, 0.5) is 4.79 Å². The maximum atomic E-state index is 12.3. The molecule has 1 aromatic heterocycles. The third-order valence-electron chi connectivity index (χ3n) is 3.56. The normalized spacial score (nSPS) is 15.2. The van der Waals surface area contributed by atoms with Crippen LogP contribution in [-0.2, 0) is 10.2 Å². The van der Waals surface area contributed by atoms with Gasteiger partial charge in [-0.05, 0) is 6.07 Å². The summed E-state index contributed by atoms with van der Waals surface area (Å²) in [6, 6.07) is 1.51. The minimum absolute atomic E-state index is 0.253. The van der Waals surface area contributed by atoms with E-state index < -0.39 is 12.1 Å². The van der Waals surface area contributed by atoms with Crippen LogP contribution in [0, 0.1) is 0 Å². The van der Waals surface area contributed by atoms with Crippen LogP contribution in [0.1, 0.15) is 36.8 Å². The Morgan fingerprint density at radius 2 is 1.91 bits per heavy atom. The van der Waals surface area contributed by atoms with Gasteiger partial charge in [0.05, 0.1) is 18.4 Å². The molecule has 0 unspecified atom stereocenters. The molecular formula is C16H23N3O4. The van der Waals surface area contributed by atoms with Gasteiger partial charge in [-0.2, -0.15) is 0 Å². The number of amides is 1. The van der Waals surface area contributed by atoms with E-state index in [4.69, 9.17) is 9.47 Å². The van der Waals surface area contributed by atoms with E-state index >= 15 is 0 Å². The fourth-order valence-corrected chi connectivity index (χ4v) is 2.32. The molecule has 1 fully saturated rings. The van der Waals surface area contributed by atoms with Crippen molar-refractivity contribution < 1.29 is 19.1 Å². The molecule has 1 aromatic rings. The topological polar surface area (TPSA) is 80.8 Å². The third kappa shape index (κ3) is 4.19. The van der Waals surface area contributed by atoms with Crippen molar-refractivity contribution in [3.05, 3.63) is 23.5 Å². The Morgan fingerprint density at radius 3 is 2.48 bits per heavy atom. The summed E-state index contributed by atoms with van der Waals surface area (Å²) in [6.45, 7) is 8.56. The number of methoxy groups -OCH3 is 1. The summed E-state index contributed by atoms with van der Waals surface area (Å²) in [5, 5.41) is 3.18. The highest BCUT2D eigenvalue weighted by Crippen LogP contribution is 2.30. The second kappa shape index (κ2) is 6.95. The maximum Gasteiger partial charge on any atom is 0.415 e. The quantitative estimate of drug-likeness (QED) is 0.833. The summed E-state index contributed by atoms with van der Waals surface area (Å²) >= 11 is 0. The smallest absolute Gasteiger partial charge is 0.415 e. The Hall–Kier alpha value is -2.15. The number of carbonyl (C=O) groups excluding carboxylic acids is 2. The Kier molecular flexibility index (Phi) is 5.20. The van der Waals surface area contributed by atoms with E-state index in [-0.39, 0.29) is 11.0 Å². The number of piperazine rings is 1. The van der Waals surface area contributed by atoms with Gasteiger partial charge in [0.2, 0.25) is 0 Å². The summed E-state index contributed by atoms with van der Waals surface area (Å²) in [6.07, 6.45) is 1.01. The lowest BCUT2D eigenvalue weighted by Crippen LogP contribution is -2.47. The van der Waals surface area contributed by atoms with Crippen molar-refractivity contribution in [3.8, 4) is 5.75 Å². The molecule has 1 amide bonds. The summed E-state index contributed by atoms with van der Waals surface area (Å²) in [7, 11) is 1.30. The second-order valence-corrected chi connectivity index (χ2v) is 6.42. The largest absolute Gasteiger partial charge is 0.465 e. The molecular weight excluding hydrogens is 298 g/mol. The first-order chi connectivity index (χ1) is 10.8. The van der Waals surface area contributed by atoms with E-state index in [0.29, 0.717) is 24.5 Å². The number of hydrogen-bond acceptors (Lipinski definition) is 6. The Morgan fingerprint density at radius 1 is 1.26 bits per heavy atom. The van der Waals surface area contributed by atoms with Crippen LogP contribution in [0.2, 0.25) is 0 Å². The molecule has 1 N–H and O–H groups in total. The van der Waals surface area contributed by atoms with Crippen molar-refractivity contribution in [1.29, 1.82) is 0 Å². The molecule has 23 heavy (non-hydrogen) atoms. The van der Waals surface area contributed by atoms with Crippen LogP contribution in [0.3, 0.4) is 0 Å². The first kappa shape index (κ1) is 17.2. The zero-order valence-electron chi connectivity index (χ0n) is 14.0. The van der Waals surface area contributed by atoms with Crippen LogP contribution in [-0.4, -0.2) is 55.2 Å². The van der Waals surface area contributed by atoms with Gasteiger partial charge in [0, 0.05) is 37.8 Å². The lowest BCUT2D eigenvalue weighted by molar-refractivity contribution is 0.0599. The molecule has 7 nitrogen and oxygen atoms in total. The number of ether oxygens (including phenoxy) is 2. The van der Waals surface area contributed by atoms with Crippen molar-refractivity contribution in [3.63, 3.8) is 0 Å². The van der Waals surface area contributed by atoms with Gasteiger partial charge in [0.15, 0.2) is 5.75 Å². The zero-order valence-corrected chi connectivity index (χ0v) is 14.0. The number of pyridine rings is 1. The standard InChI is InChI=1S/C16H23N3O4/c1-16(2,3)13-12(9-11(10-18-13)14(20)22-4)23-15(21)19-7-5-17-6-8-19/h9-10,17H,5-8H2,1-4H3. The second-order valence-electron chi connectivity index (χ2n) is 6.42. The maximum absolute atomic E-state index is 12.3. The van der Waals surface area contributed by atoms with E-state index in [9.17, 15) is 9.59 Å². The molecule has 0 atom stereocenters. The van der Waals surface area contributed by atoms with E-state index in [1.165, 1.54) is 19.4 Å². The zero-order chi connectivity index (χ0) is 17.0. The molecule has 0 bridgehead atoms. The van der Waals surface area contributed by atoms with Gasteiger partial charge in [0.25, 0.3) is 0 Å². The molecule has 1 aliphatic rings. The Balaban J connectivity index is 2.29. The Labute approximate surface area is 136 Å². The van der Waals surface area contributed by atoms with Crippen molar-refractivity contribution >= 4 is 12.1 Å². The van der Waals surface area contributed by atoms with Gasteiger partial charge in [-0.15, -0.1) is 0 Å². The summed E-state index contributed by atoms with van der Waals surface area (Å²) in [5.41, 5.74) is 0.547. The van der Waals surface area contributed by atoms with Gasteiger partial charge in [0.1, 0.15) is 0 Å². The molecule has 0 radical (unpaired) electrons. The SMILES string of the molecule is COC(=O)c1cnc(C(C)(C)C)c(OC(=O)N2CCNCC2)c1. The minimum atomic E-state index is -0.516. The molecule has 7 heteroatoms. The van der Waals surface area contributed by atoms with Crippen molar-refractivity contribution in [1.82, 2.24) is 15.2 Å². The molecule has 2 heterocycles. The monoisotopic (exact) mass is 321 g/mol. The number of nitrogens with one attached hydrogen (secondary N) is 1. The third-order valence-corrected chi connectivity index (χ3v) is 3.56. The molecule has 0 aromatic carbocycles. The first-order valence-corrected chi connectivity index (χ1v) is 7.59. The van der Waals surface area contributed by atoms with E-state index in [1.54, 1.807) is 4.90 Å². The van der Waals surface area contributed by atoms with Crippen LogP contribution < -0.4 is 10.1 Å². The number of aromatic nitrogens is 1. The van der Waals surface area contributed by atoms with Crippen molar-refractivity contribution in [2.75, 3.05) is 33.3 Å². The number of esters is 1. The predicted octanol–water partition coefficient (Wildman–Crippen LogP) is 1.57. The molecule has 126 valence electrons. The molecule has 1 aliphatic heterocycles. The van der Waals surface area contributed by atoms with Crippen LogP contribution in [0.15, 0.2) is 12.3 Å². The highest BCUT2D eigenvalue weighted by Gasteiger charge is 2.26. The van der Waals surface area contributed by atoms with Gasteiger partial charge in [-0.25, -0.2) is 9.59 Å². The van der Waals surface area contributed by atoms with Crippen LogP contribution in [0.5, 0.6) is 5.75 Å². The van der Waals surface area contributed by atoms with Gasteiger partial charge in [-0.1, -0.05) is 20.8 Å². The number of rotatable bonds is 2. The molecule has 0 aliphatic carbocycles. The lowest BCUT2D eigenvalue weighted by atomic mass is 9.90. The predicted molar refractivity (Wildman–Crippen MR) is 84.7 cm³/mol. The average molecular weight is 321 g/mol.